The lowest BCUT2D eigenvalue weighted by Gasteiger charge is -2.37. The summed E-state index contributed by atoms with van der Waals surface area (Å²) in [5.41, 5.74) is 1.29. The number of rotatable bonds is 2. The van der Waals surface area contributed by atoms with E-state index < -0.39 is 0 Å². The second-order valence-electron chi connectivity index (χ2n) is 7.86. The Hall–Kier alpha value is -2.18. The summed E-state index contributed by atoms with van der Waals surface area (Å²) < 4.78 is 1.54. The molecule has 26 heavy (non-hydrogen) atoms. The highest BCUT2D eigenvalue weighted by molar-refractivity contribution is 5.84. The SMILES string of the molecule is Cc1nc2c(c(=O)n1C)CN(C(=O)[C@H]1CCC(=O)N(C3CCCC3)C1)C2. The molecule has 140 valence electrons. The van der Waals surface area contributed by atoms with Crippen molar-refractivity contribution >= 4 is 11.8 Å². The second kappa shape index (κ2) is 6.52. The minimum Gasteiger partial charge on any atom is -0.339 e. The first-order valence-corrected chi connectivity index (χ1v) is 9.59. The lowest BCUT2D eigenvalue weighted by molar-refractivity contribution is -0.145. The Labute approximate surface area is 153 Å². The highest BCUT2D eigenvalue weighted by Crippen LogP contribution is 2.30. The summed E-state index contributed by atoms with van der Waals surface area (Å²) in [6, 6.07) is 0.311. The number of carbonyl (C=O) groups is 2. The van der Waals surface area contributed by atoms with E-state index >= 15 is 0 Å². The molecule has 1 aromatic rings. The van der Waals surface area contributed by atoms with Gasteiger partial charge in [-0.25, -0.2) is 4.98 Å². The van der Waals surface area contributed by atoms with Crippen molar-refractivity contribution in [2.75, 3.05) is 6.54 Å². The van der Waals surface area contributed by atoms with Crippen molar-refractivity contribution in [3.63, 3.8) is 0 Å². The zero-order valence-corrected chi connectivity index (χ0v) is 15.5. The molecule has 2 fully saturated rings. The molecule has 1 atom stereocenters. The number of aryl methyl sites for hydroxylation is 1. The van der Waals surface area contributed by atoms with Gasteiger partial charge in [-0.2, -0.15) is 0 Å². The summed E-state index contributed by atoms with van der Waals surface area (Å²) in [5, 5.41) is 0. The van der Waals surface area contributed by atoms with Gasteiger partial charge < -0.3 is 9.80 Å². The number of hydrogen-bond acceptors (Lipinski definition) is 4. The Morgan fingerprint density at radius 2 is 1.85 bits per heavy atom. The number of carbonyl (C=O) groups excluding carboxylic acids is 2. The van der Waals surface area contributed by atoms with Gasteiger partial charge in [-0.1, -0.05) is 12.8 Å². The molecule has 0 aromatic carbocycles. The van der Waals surface area contributed by atoms with Gasteiger partial charge in [0.1, 0.15) is 5.82 Å². The number of aromatic nitrogens is 2. The Morgan fingerprint density at radius 3 is 2.58 bits per heavy atom. The van der Waals surface area contributed by atoms with Crippen LogP contribution >= 0.6 is 0 Å². The van der Waals surface area contributed by atoms with Crippen LogP contribution in [0, 0.1) is 12.8 Å². The zero-order valence-electron chi connectivity index (χ0n) is 15.5. The van der Waals surface area contributed by atoms with Crippen LogP contribution < -0.4 is 5.56 Å². The summed E-state index contributed by atoms with van der Waals surface area (Å²) in [5.74, 6) is 0.751. The van der Waals surface area contributed by atoms with E-state index in [1.165, 1.54) is 17.4 Å². The van der Waals surface area contributed by atoms with Gasteiger partial charge in [-0.3, -0.25) is 19.0 Å². The standard InChI is InChI=1S/C19H26N4O3/c1-12-20-16-11-22(10-15(16)19(26)21(12)2)18(25)13-7-8-17(24)23(9-13)14-5-3-4-6-14/h13-14H,3-11H2,1-2H3/t13-/m0/s1. The zero-order chi connectivity index (χ0) is 18.4. The van der Waals surface area contributed by atoms with E-state index in [9.17, 15) is 14.4 Å². The number of amides is 2. The smallest absolute Gasteiger partial charge is 0.258 e. The molecule has 2 aliphatic heterocycles. The highest BCUT2D eigenvalue weighted by atomic mass is 16.2. The maximum atomic E-state index is 13.1. The van der Waals surface area contributed by atoms with Crippen LogP contribution in [0.25, 0.3) is 0 Å². The lowest BCUT2D eigenvalue weighted by atomic mass is 9.94. The van der Waals surface area contributed by atoms with E-state index in [0.29, 0.717) is 49.9 Å². The molecule has 2 amide bonds. The number of fused-ring (bicyclic) bond motifs is 1. The van der Waals surface area contributed by atoms with Gasteiger partial charge in [0, 0.05) is 26.1 Å². The molecule has 4 rings (SSSR count). The fourth-order valence-electron chi connectivity index (χ4n) is 4.58. The first-order chi connectivity index (χ1) is 12.5. The molecule has 0 bridgehead atoms. The van der Waals surface area contributed by atoms with Crippen LogP contribution in [0.4, 0.5) is 0 Å². The Kier molecular flexibility index (Phi) is 4.32. The summed E-state index contributed by atoms with van der Waals surface area (Å²) in [4.78, 5) is 46.0. The van der Waals surface area contributed by atoms with Crippen molar-refractivity contribution in [1.82, 2.24) is 19.4 Å². The molecule has 0 N–H and O–H groups in total. The third-order valence-electron chi connectivity index (χ3n) is 6.25. The van der Waals surface area contributed by atoms with Crippen LogP contribution in [0.5, 0.6) is 0 Å². The largest absolute Gasteiger partial charge is 0.339 e. The molecule has 1 aliphatic carbocycles. The lowest BCUT2D eigenvalue weighted by Crippen LogP contribution is -2.49. The first-order valence-electron chi connectivity index (χ1n) is 9.59. The van der Waals surface area contributed by atoms with Gasteiger partial charge in [0.25, 0.3) is 5.56 Å². The highest BCUT2D eigenvalue weighted by Gasteiger charge is 2.38. The molecule has 1 saturated carbocycles. The molecule has 3 heterocycles. The Balaban J connectivity index is 1.49. The predicted octanol–water partition coefficient (Wildman–Crippen LogP) is 1.11. The molecule has 1 saturated heterocycles. The van der Waals surface area contributed by atoms with Crippen molar-refractivity contribution in [2.45, 2.75) is 64.6 Å². The summed E-state index contributed by atoms with van der Waals surface area (Å²) in [7, 11) is 1.71. The summed E-state index contributed by atoms with van der Waals surface area (Å²) in [6.07, 6.45) is 5.51. The maximum Gasteiger partial charge on any atom is 0.258 e. The fraction of sp³-hybridized carbons (Fsp3) is 0.684. The van der Waals surface area contributed by atoms with Crippen molar-refractivity contribution < 1.29 is 9.59 Å². The normalized spacial score (nSPS) is 23.6. The Morgan fingerprint density at radius 1 is 1.12 bits per heavy atom. The van der Waals surface area contributed by atoms with Crippen molar-refractivity contribution in [3.05, 3.63) is 27.4 Å². The molecular weight excluding hydrogens is 332 g/mol. The quantitative estimate of drug-likeness (QED) is 0.794. The molecule has 7 nitrogen and oxygen atoms in total. The van der Waals surface area contributed by atoms with Crippen LogP contribution in [0.15, 0.2) is 4.79 Å². The van der Waals surface area contributed by atoms with E-state index in [2.05, 4.69) is 4.98 Å². The summed E-state index contributed by atoms with van der Waals surface area (Å²) >= 11 is 0. The van der Waals surface area contributed by atoms with Crippen LogP contribution in [0.3, 0.4) is 0 Å². The summed E-state index contributed by atoms with van der Waals surface area (Å²) in [6.45, 7) is 3.07. The number of hydrogen-bond donors (Lipinski definition) is 0. The minimum atomic E-state index is -0.160. The monoisotopic (exact) mass is 358 g/mol. The maximum absolute atomic E-state index is 13.1. The van der Waals surface area contributed by atoms with Gasteiger partial charge in [0.15, 0.2) is 0 Å². The average molecular weight is 358 g/mol. The topological polar surface area (TPSA) is 75.5 Å². The molecule has 7 heteroatoms. The minimum absolute atomic E-state index is 0.0539. The number of piperidine rings is 1. The number of nitrogens with zero attached hydrogens (tertiary/aromatic N) is 4. The van der Waals surface area contributed by atoms with Crippen LogP contribution in [0.1, 0.15) is 55.6 Å². The van der Waals surface area contributed by atoms with Crippen LogP contribution in [-0.2, 0) is 29.7 Å². The van der Waals surface area contributed by atoms with Crippen molar-refractivity contribution in [1.29, 1.82) is 0 Å². The molecular formula is C19H26N4O3. The first kappa shape index (κ1) is 17.2. The van der Waals surface area contributed by atoms with E-state index in [4.69, 9.17) is 0 Å². The van der Waals surface area contributed by atoms with Crippen LogP contribution in [0.2, 0.25) is 0 Å². The molecule has 0 radical (unpaired) electrons. The van der Waals surface area contributed by atoms with Gasteiger partial charge in [0.2, 0.25) is 11.8 Å². The molecule has 1 aromatic heterocycles. The van der Waals surface area contributed by atoms with Crippen molar-refractivity contribution in [2.24, 2.45) is 13.0 Å². The third-order valence-corrected chi connectivity index (χ3v) is 6.25. The van der Waals surface area contributed by atoms with Crippen molar-refractivity contribution in [3.8, 4) is 0 Å². The van der Waals surface area contributed by atoms with Gasteiger partial charge in [0.05, 0.1) is 30.3 Å². The van der Waals surface area contributed by atoms with E-state index in [-0.39, 0.29) is 23.3 Å². The molecule has 0 unspecified atom stereocenters. The number of likely N-dealkylation sites (tertiary alicyclic amines) is 1. The second-order valence-corrected chi connectivity index (χ2v) is 7.86. The third kappa shape index (κ3) is 2.83. The van der Waals surface area contributed by atoms with Gasteiger partial charge in [-0.15, -0.1) is 0 Å². The van der Waals surface area contributed by atoms with E-state index in [0.717, 1.165) is 18.5 Å². The fourth-order valence-corrected chi connectivity index (χ4v) is 4.58. The average Bonchev–Trinajstić information content (AvgIpc) is 3.29. The Bertz CT molecular complexity index is 810. The predicted molar refractivity (Wildman–Crippen MR) is 95.2 cm³/mol. The molecule has 3 aliphatic rings. The van der Waals surface area contributed by atoms with Crippen LogP contribution in [-0.4, -0.2) is 43.8 Å². The van der Waals surface area contributed by atoms with Gasteiger partial charge in [-0.05, 0) is 26.2 Å². The van der Waals surface area contributed by atoms with Gasteiger partial charge >= 0.3 is 0 Å². The van der Waals surface area contributed by atoms with E-state index in [1.807, 2.05) is 4.90 Å². The van der Waals surface area contributed by atoms with E-state index in [1.54, 1.807) is 18.9 Å². The molecule has 0 spiro atoms.